The smallest absolute Gasteiger partial charge is 0.308 e. The van der Waals surface area contributed by atoms with E-state index in [1.165, 1.54) is 21.6 Å². The first kappa shape index (κ1) is 20.5. The molecule has 0 aliphatic rings. The van der Waals surface area contributed by atoms with Gasteiger partial charge in [-0.1, -0.05) is 23.5 Å². The van der Waals surface area contributed by atoms with Crippen LogP contribution in [0.15, 0.2) is 53.3 Å². The van der Waals surface area contributed by atoms with E-state index in [-0.39, 0.29) is 23.1 Å². The number of anilines is 1. The number of rotatable bonds is 5. The number of aromatic nitrogens is 1. The minimum absolute atomic E-state index is 0.222. The van der Waals surface area contributed by atoms with Crippen molar-refractivity contribution in [1.29, 1.82) is 0 Å². The molecule has 6 nitrogen and oxygen atoms in total. The highest BCUT2D eigenvalue weighted by Crippen LogP contribution is 2.25. The molecule has 3 aromatic rings. The van der Waals surface area contributed by atoms with Crippen LogP contribution in [0.2, 0.25) is 0 Å². The fraction of sp³-hybridized carbons (Fsp3) is 0.190. The second kappa shape index (κ2) is 8.40. The molecule has 0 saturated heterocycles. The number of hydrogen-bond donors (Lipinski definition) is 1. The molecule has 0 bridgehead atoms. The topological polar surface area (TPSA) is 71.4 Å². The summed E-state index contributed by atoms with van der Waals surface area (Å²) in [6.07, 6.45) is 0. The van der Waals surface area contributed by atoms with Crippen molar-refractivity contribution in [3.05, 3.63) is 74.5 Å². The van der Waals surface area contributed by atoms with Crippen LogP contribution in [0.3, 0.4) is 0 Å². The molecule has 0 fully saturated rings. The SMILES string of the molecule is Cc1sc(=O)n(CC(=O)Nc2ccccc2C(=O)N(C)C)c1-c1ccc(F)cc1. The summed E-state index contributed by atoms with van der Waals surface area (Å²) in [5.41, 5.74) is 1.96. The molecule has 150 valence electrons. The van der Waals surface area contributed by atoms with Gasteiger partial charge in [-0.05, 0) is 48.9 Å². The third-order valence-corrected chi connectivity index (χ3v) is 5.22. The van der Waals surface area contributed by atoms with E-state index in [1.54, 1.807) is 57.4 Å². The minimum atomic E-state index is -0.438. The summed E-state index contributed by atoms with van der Waals surface area (Å²) in [6.45, 7) is 1.56. The normalized spacial score (nSPS) is 10.6. The van der Waals surface area contributed by atoms with Crippen LogP contribution in [0.5, 0.6) is 0 Å². The molecule has 0 unspecified atom stereocenters. The molecule has 1 aromatic heterocycles. The summed E-state index contributed by atoms with van der Waals surface area (Å²) in [7, 11) is 3.26. The highest BCUT2D eigenvalue weighted by atomic mass is 32.1. The maximum Gasteiger partial charge on any atom is 0.308 e. The molecule has 8 heteroatoms. The Morgan fingerprint density at radius 2 is 1.76 bits per heavy atom. The summed E-state index contributed by atoms with van der Waals surface area (Å²) in [4.78, 5) is 39.3. The van der Waals surface area contributed by atoms with E-state index in [4.69, 9.17) is 0 Å². The largest absolute Gasteiger partial charge is 0.345 e. The monoisotopic (exact) mass is 413 g/mol. The van der Waals surface area contributed by atoms with Gasteiger partial charge in [0, 0.05) is 19.0 Å². The van der Waals surface area contributed by atoms with Crippen molar-refractivity contribution in [3.8, 4) is 11.3 Å². The number of carbonyl (C=O) groups excluding carboxylic acids is 2. The minimum Gasteiger partial charge on any atom is -0.345 e. The van der Waals surface area contributed by atoms with Gasteiger partial charge in [0.25, 0.3) is 5.91 Å². The molecule has 0 saturated carbocycles. The maximum absolute atomic E-state index is 13.3. The van der Waals surface area contributed by atoms with Crippen LogP contribution in [-0.2, 0) is 11.3 Å². The molecule has 0 spiro atoms. The van der Waals surface area contributed by atoms with Gasteiger partial charge in [0.15, 0.2) is 0 Å². The van der Waals surface area contributed by atoms with E-state index in [2.05, 4.69) is 5.32 Å². The van der Waals surface area contributed by atoms with Gasteiger partial charge in [0.1, 0.15) is 12.4 Å². The first-order valence-corrected chi connectivity index (χ1v) is 9.66. The van der Waals surface area contributed by atoms with Crippen LogP contribution < -0.4 is 10.2 Å². The molecule has 2 amide bonds. The Morgan fingerprint density at radius 3 is 2.41 bits per heavy atom. The predicted molar refractivity (Wildman–Crippen MR) is 112 cm³/mol. The third-order valence-electron chi connectivity index (χ3n) is 4.32. The number of nitrogens with one attached hydrogen (secondary N) is 1. The van der Waals surface area contributed by atoms with Gasteiger partial charge in [0.05, 0.1) is 16.9 Å². The quantitative estimate of drug-likeness (QED) is 0.697. The maximum atomic E-state index is 13.3. The predicted octanol–water partition coefficient (Wildman–Crippen LogP) is 3.36. The summed E-state index contributed by atoms with van der Waals surface area (Å²) in [5.74, 6) is -1.06. The van der Waals surface area contributed by atoms with Gasteiger partial charge in [-0.25, -0.2) is 4.39 Å². The average Bonchev–Trinajstić information content (AvgIpc) is 2.95. The van der Waals surface area contributed by atoms with Crippen molar-refractivity contribution in [2.45, 2.75) is 13.5 Å². The molecule has 0 radical (unpaired) electrons. The van der Waals surface area contributed by atoms with Crippen LogP contribution in [0.4, 0.5) is 10.1 Å². The molecule has 0 aliphatic carbocycles. The zero-order valence-corrected chi connectivity index (χ0v) is 17.0. The standard InChI is InChI=1S/C21H20FN3O3S/c1-13-19(14-8-10-15(22)11-9-14)25(21(28)29-13)12-18(26)23-17-7-5-4-6-16(17)20(27)24(2)3/h4-11H,12H2,1-3H3,(H,23,26). The number of amides is 2. The zero-order valence-electron chi connectivity index (χ0n) is 16.2. The molecule has 2 aromatic carbocycles. The fourth-order valence-corrected chi connectivity index (χ4v) is 3.83. The number of nitrogens with zero attached hydrogens (tertiary/aromatic N) is 2. The van der Waals surface area contributed by atoms with Crippen molar-refractivity contribution in [2.24, 2.45) is 0 Å². The summed E-state index contributed by atoms with van der Waals surface area (Å²) >= 11 is 1.03. The van der Waals surface area contributed by atoms with Crippen LogP contribution in [-0.4, -0.2) is 35.4 Å². The van der Waals surface area contributed by atoms with Gasteiger partial charge in [-0.3, -0.25) is 19.0 Å². The molecule has 1 N–H and O–H groups in total. The molecular weight excluding hydrogens is 393 g/mol. The Balaban J connectivity index is 1.89. The Kier molecular flexibility index (Phi) is 5.93. The van der Waals surface area contributed by atoms with Crippen molar-refractivity contribution in [3.63, 3.8) is 0 Å². The first-order valence-electron chi connectivity index (χ1n) is 8.84. The van der Waals surface area contributed by atoms with E-state index < -0.39 is 5.91 Å². The lowest BCUT2D eigenvalue weighted by Gasteiger charge is -2.15. The molecule has 1 heterocycles. The van der Waals surface area contributed by atoms with Crippen molar-refractivity contribution < 1.29 is 14.0 Å². The van der Waals surface area contributed by atoms with Gasteiger partial charge in [-0.2, -0.15) is 0 Å². The lowest BCUT2D eigenvalue weighted by molar-refractivity contribution is -0.116. The summed E-state index contributed by atoms with van der Waals surface area (Å²) in [5, 5.41) is 2.72. The lowest BCUT2D eigenvalue weighted by atomic mass is 10.1. The second-order valence-electron chi connectivity index (χ2n) is 6.66. The summed E-state index contributed by atoms with van der Waals surface area (Å²) < 4.78 is 14.6. The number of para-hydroxylation sites is 1. The van der Waals surface area contributed by atoms with E-state index in [1.807, 2.05) is 0 Å². The van der Waals surface area contributed by atoms with Gasteiger partial charge in [0.2, 0.25) is 5.91 Å². The number of aryl methyl sites for hydroxylation is 1. The number of halogens is 1. The highest BCUT2D eigenvalue weighted by Gasteiger charge is 2.18. The molecule has 0 atom stereocenters. The highest BCUT2D eigenvalue weighted by molar-refractivity contribution is 7.09. The number of carbonyl (C=O) groups is 2. The fourth-order valence-electron chi connectivity index (χ4n) is 2.98. The van der Waals surface area contributed by atoms with Crippen LogP contribution in [0, 0.1) is 12.7 Å². The Labute approximate surface area is 171 Å². The van der Waals surface area contributed by atoms with Crippen LogP contribution in [0.25, 0.3) is 11.3 Å². The van der Waals surface area contributed by atoms with Crippen molar-refractivity contribution in [2.75, 3.05) is 19.4 Å². The molecular formula is C21H20FN3O3S. The Morgan fingerprint density at radius 1 is 1.10 bits per heavy atom. The molecule has 3 rings (SSSR count). The van der Waals surface area contributed by atoms with E-state index >= 15 is 0 Å². The Bertz CT molecular complexity index is 1120. The van der Waals surface area contributed by atoms with E-state index in [9.17, 15) is 18.8 Å². The number of benzene rings is 2. The lowest BCUT2D eigenvalue weighted by Crippen LogP contribution is -2.27. The van der Waals surface area contributed by atoms with Crippen LogP contribution >= 0.6 is 11.3 Å². The third kappa shape index (κ3) is 4.43. The van der Waals surface area contributed by atoms with Crippen molar-refractivity contribution >= 4 is 28.8 Å². The van der Waals surface area contributed by atoms with Crippen LogP contribution in [0.1, 0.15) is 15.2 Å². The first-order chi connectivity index (χ1) is 13.8. The molecule has 29 heavy (non-hydrogen) atoms. The Hall–Kier alpha value is -3.26. The molecule has 0 aliphatic heterocycles. The van der Waals surface area contributed by atoms with E-state index in [0.717, 1.165) is 16.2 Å². The number of hydrogen-bond acceptors (Lipinski definition) is 4. The van der Waals surface area contributed by atoms with Crippen molar-refractivity contribution in [1.82, 2.24) is 9.47 Å². The van der Waals surface area contributed by atoms with E-state index in [0.29, 0.717) is 22.5 Å². The van der Waals surface area contributed by atoms with Gasteiger partial charge >= 0.3 is 4.87 Å². The summed E-state index contributed by atoms with van der Waals surface area (Å²) in [6, 6.07) is 12.5. The zero-order chi connectivity index (χ0) is 21.1. The van der Waals surface area contributed by atoms with Gasteiger partial charge < -0.3 is 10.2 Å². The second-order valence-corrected chi connectivity index (χ2v) is 7.82. The van der Waals surface area contributed by atoms with Gasteiger partial charge in [-0.15, -0.1) is 0 Å². The number of thiazole rings is 1. The average molecular weight is 413 g/mol.